The Morgan fingerprint density at radius 1 is 1.18 bits per heavy atom. The molecule has 2 rings (SSSR count). The Morgan fingerprint density at radius 2 is 1.95 bits per heavy atom. The van der Waals surface area contributed by atoms with Gasteiger partial charge in [-0.2, -0.15) is 0 Å². The zero-order valence-electron chi connectivity index (χ0n) is 12.5. The van der Waals surface area contributed by atoms with Crippen LogP contribution in [0.15, 0.2) is 40.9 Å². The van der Waals surface area contributed by atoms with Gasteiger partial charge in [-0.3, -0.25) is 4.79 Å². The molecule has 22 heavy (non-hydrogen) atoms. The molecule has 1 amide bonds. The predicted octanol–water partition coefficient (Wildman–Crippen LogP) is 5.16. The standard InChI is InChI=1S/C17H18BrClN2O/c1-11-6-7-16(13(18)10-11)21-17(22)8-9-20-15-5-3-4-14(19)12(15)2/h3-7,10,20H,8-9H2,1-2H3,(H,21,22). The fraction of sp³-hybridized carbons (Fsp3) is 0.235. The number of carbonyl (C=O) groups excluding carboxylic acids is 1. The van der Waals surface area contributed by atoms with Gasteiger partial charge in [0.05, 0.1) is 5.69 Å². The molecule has 3 nitrogen and oxygen atoms in total. The van der Waals surface area contributed by atoms with E-state index >= 15 is 0 Å². The normalized spacial score (nSPS) is 10.4. The third kappa shape index (κ3) is 4.49. The monoisotopic (exact) mass is 380 g/mol. The fourth-order valence-electron chi connectivity index (χ4n) is 2.04. The van der Waals surface area contributed by atoms with E-state index in [1.165, 1.54) is 0 Å². The number of halogens is 2. The molecule has 0 aliphatic rings. The lowest BCUT2D eigenvalue weighted by Crippen LogP contribution is -2.16. The molecule has 0 fully saturated rings. The summed E-state index contributed by atoms with van der Waals surface area (Å²) >= 11 is 9.52. The molecule has 116 valence electrons. The molecule has 0 heterocycles. The number of hydrogen-bond donors (Lipinski definition) is 2. The average Bonchev–Trinajstić information content (AvgIpc) is 2.46. The molecule has 2 N–H and O–H groups in total. The van der Waals surface area contributed by atoms with Gasteiger partial charge in [-0.1, -0.05) is 23.7 Å². The van der Waals surface area contributed by atoms with Crippen molar-refractivity contribution >= 4 is 44.8 Å². The number of amides is 1. The van der Waals surface area contributed by atoms with Crippen LogP contribution < -0.4 is 10.6 Å². The highest BCUT2D eigenvalue weighted by atomic mass is 79.9. The molecular weight excluding hydrogens is 364 g/mol. The van der Waals surface area contributed by atoms with E-state index in [0.717, 1.165) is 32.0 Å². The Labute approximate surface area is 144 Å². The van der Waals surface area contributed by atoms with Crippen molar-refractivity contribution in [2.75, 3.05) is 17.2 Å². The summed E-state index contributed by atoms with van der Waals surface area (Å²) < 4.78 is 0.888. The van der Waals surface area contributed by atoms with Crippen LogP contribution in [0, 0.1) is 13.8 Å². The molecule has 0 aliphatic carbocycles. The molecule has 0 atom stereocenters. The van der Waals surface area contributed by atoms with Crippen LogP contribution in [0.5, 0.6) is 0 Å². The van der Waals surface area contributed by atoms with Gasteiger partial charge in [0.15, 0.2) is 0 Å². The van der Waals surface area contributed by atoms with Crippen LogP contribution >= 0.6 is 27.5 Å². The predicted molar refractivity (Wildman–Crippen MR) is 96.8 cm³/mol. The second-order valence-corrected chi connectivity index (χ2v) is 6.38. The van der Waals surface area contributed by atoms with Gasteiger partial charge in [0.2, 0.25) is 5.91 Å². The molecule has 5 heteroatoms. The Kier molecular flexibility index (Phi) is 5.86. The van der Waals surface area contributed by atoms with E-state index in [-0.39, 0.29) is 5.91 Å². The van der Waals surface area contributed by atoms with Crippen molar-refractivity contribution in [1.82, 2.24) is 0 Å². The Morgan fingerprint density at radius 3 is 2.68 bits per heavy atom. The summed E-state index contributed by atoms with van der Waals surface area (Å²) in [6, 6.07) is 11.5. The van der Waals surface area contributed by atoms with Gasteiger partial charge in [0.25, 0.3) is 0 Å². The minimum atomic E-state index is -0.0308. The van der Waals surface area contributed by atoms with Crippen LogP contribution in [0.3, 0.4) is 0 Å². The molecule has 0 aromatic heterocycles. The first kappa shape index (κ1) is 16.8. The van der Waals surface area contributed by atoms with Gasteiger partial charge in [-0.05, 0) is 65.2 Å². The molecule has 0 saturated heterocycles. The summed E-state index contributed by atoms with van der Waals surface area (Å²) in [6.07, 6.45) is 0.381. The van der Waals surface area contributed by atoms with Crippen molar-refractivity contribution in [3.63, 3.8) is 0 Å². The average molecular weight is 382 g/mol. The molecule has 0 saturated carbocycles. The van der Waals surface area contributed by atoms with E-state index in [0.29, 0.717) is 13.0 Å². The number of benzene rings is 2. The van der Waals surface area contributed by atoms with E-state index in [1.807, 2.05) is 50.2 Å². The molecule has 0 spiro atoms. The number of rotatable bonds is 5. The Hall–Kier alpha value is -1.52. The van der Waals surface area contributed by atoms with E-state index in [2.05, 4.69) is 26.6 Å². The SMILES string of the molecule is Cc1ccc(NC(=O)CCNc2cccc(Cl)c2C)c(Br)c1. The van der Waals surface area contributed by atoms with Gasteiger partial charge in [-0.25, -0.2) is 0 Å². The third-order valence-corrected chi connectivity index (χ3v) is 4.40. The highest BCUT2D eigenvalue weighted by Gasteiger charge is 2.06. The van der Waals surface area contributed by atoms with Crippen molar-refractivity contribution in [2.24, 2.45) is 0 Å². The van der Waals surface area contributed by atoms with Crippen LogP contribution in [0.2, 0.25) is 5.02 Å². The van der Waals surface area contributed by atoms with E-state index in [9.17, 15) is 4.79 Å². The van der Waals surface area contributed by atoms with Crippen LogP contribution in [-0.2, 0) is 4.79 Å². The number of anilines is 2. The summed E-state index contributed by atoms with van der Waals surface area (Å²) in [5.41, 5.74) is 3.88. The van der Waals surface area contributed by atoms with Crippen molar-refractivity contribution in [2.45, 2.75) is 20.3 Å². The highest BCUT2D eigenvalue weighted by Crippen LogP contribution is 2.24. The zero-order valence-corrected chi connectivity index (χ0v) is 14.9. The molecule has 0 radical (unpaired) electrons. The third-order valence-electron chi connectivity index (χ3n) is 3.33. The van der Waals surface area contributed by atoms with Gasteiger partial charge >= 0.3 is 0 Å². The molecule has 0 aliphatic heterocycles. The van der Waals surface area contributed by atoms with Gasteiger partial charge in [0, 0.05) is 28.1 Å². The lowest BCUT2D eigenvalue weighted by Gasteiger charge is -2.11. The Balaban J connectivity index is 1.87. The first-order chi connectivity index (χ1) is 10.5. The van der Waals surface area contributed by atoms with Crippen molar-refractivity contribution in [1.29, 1.82) is 0 Å². The van der Waals surface area contributed by atoms with Crippen LogP contribution in [0.25, 0.3) is 0 Å². The number of aryl methyl sites for hydroxylation is 1. The van der Waals surface area contributed by atoms with Gasteiger partial charge in [0.1, 0.15) is 0 Å². The maximum absolute atomic E-state index is 12.0. The highest BCUT2D eigenvalue weighted by molar-refractivity contribution is 9.10. The van der Waals surface area contributed by atoms with Crippen molar-refractivity contribution < 1.29 is 4.79 Å². The minimum absolute atomic E-state index is 0.0308. The maximum atomic E-state index is 12.0. The Bertz CT molecular complexity index is 688. The molecule has 0 bridgehead atoms. The van der Waals surface area contributed by atoms with Gasteiger partial charge in [-0.15, -0.1) is 0 Å². The number of carbonyl (C=O) groups is 1. The quantitative estimate of drug-likeness (QED) is 0.751. The molecule has 2 aromatic carbocycles. The summed E-state index contributed by atoms with van der Waals surface area (Å²) in [6.45, 7) is 4.51. The van der Waals surface area contributed by atoms with Crippen LogP contribution in [0.1, 0.15) is 17.5 Å². The second-order valence-electron chi connectivity index (χ2n) is 5.12. The second kappa shape index (κ2) is 7.65. The first-order valence-corrected chi connectivity index (χ1v) is 8.19. The molecule has 0 unspecified atom stereocenters. The fourth-order valence-corrected chi connectivity index (χ4v) is 2.81. The van der Waals surface area contributed by atoms with Crippen molar-refractivity contribution in [3.05, 3.63) is 57.0 Å². The molecular formula is C17H18BrClN2O. The largest absolute Gasteiger partial charge is 0.384 e. The smallest absolute Gasteiger partial charge is 0.226 e. The summed E-state index contributed by atoms with van der Waals surface area (Å²) in [5, 5.41) is 6.86. The molecule has 2 aromatic rings. The van der Waals surface area contributed by atoms with Crippen LogP contribution in [0.4, 0.5) is 11.4 Å². The van der Waals surface area contributed by atoms with Gasteiger partial charge < -0.3 is 10.6 Å². The summed E-state index contributed by atoms with van der Waals surface area (Å²) in [7, 11) is 0. The van der Waals surface area contributed by atoms with E-state index in [4.69, 9.17) is 11.6 Å². The summed E-state index contributed by atoms with van der Waals surface area (Å²) in [4.78, 5) is 12.0. The first-order valence-electron chi connectivity index (χ1n) is 7.02. The van der Waals surface area contributed by atoms with E-state index < -0.39 is 0 Å². The minimum Gasteiger partial charge on any atom is -0.384 e. The summed E-state index contributed by atoms with van der Waals surface area (Å²) in [5.74, 6) is -0.0308. The zero-order chi connectivity index (χ0) is 16.1. The van der Waals surface area contributed by atoms with Crippen LogP contribution in [-0.4, -0.2) is 12.5 Å². The topological polar surface area (TPSA) is 41.1 Å². The lowest BCUT2D eigenvalue weighted by molar-refractivity contribution is -0.115. The number of nitrogens with one attached hydrogen (secondary N) is 2. The maximum Gasteiger partial charge on any atom is 0.226 e. The van der Waals surface area contributed by atoms with Crippen molar-refractivity contribution in [3.8, 4) is 0 Å². The van der Waals surface area contributed by atoms with E-state index in [1.54, 1.807) is 0 Å². The number of hydrogen-bond acceptors (Lipinski definition) is 2. The lowest BCUT2D eigenvalue weighted by atomic mass is 10.2.